The van der Waals surface area contributed by atoms with Gasteiger partial charge in [-0.15, -0.1) is 0 Å². The lowest BCUT2D eigenvalue weighted by atomic mass is 10.2. The van der Waals surface area contributed by atoms with Crippen LogP contribution in [0.5, 0.6) is 0 Å². The molecule has 0 fully saturated rings. The molecule has 0 radical (unpaired) electrons. The van der Waals surface area contributed by atoms with Gasteiger partial charge in [0.2, 0.25) is 0 Å². The Morgan fingerprint density at radius 3 is 1.69 bits per heavy atom. The van der Waals surface area contributed by atoms with Gasteiger partial charge in [-0.3, -0.25) is 4.79 Å². The van der Waals surface area contributed by atoms with Crippen molar-refractivity contribution in [3.05, 3.63) is 82.7 Å². The van der Waals surface area contributed by atoms with E-state index in [1.165, 1.54) is 24.3 Å². The summed E-state index contributed by atoms with van der Waals surface area (Å²) in [6, 6.07) is 5.43. The summed E-state index contributed by atoms with van der Waals surface area (Å²) < 4.78 is 48.5. The molecule has 1 amide bonds. The molecule has 0 aliphatic rings. The van der Waals surface area contributed by atoms with Crippen LogP contribution in [0.3, 0.4) is 0 Å². The van der Waals surface area contributed by atoms with E-state index >= 15 is 0 Å². The number of aromatic carboxylic acids is 1. The zero-order valence-electron chi connectivity index (χ0n) is 18.5. The smallest absolute Gasteiger partial charge is 0.359 e. The predicted molar refractivity (Wildman–Crippen MR) is 111 cm³/mol. The summed E-state index contributed by atoms with van der Waals surface area (Å²) in [5, 5.41) is 10.9. The second kappa shape index (κ2) is 12.5. The normalized spacial score (nSPS) is 9.92. The number of carbonyl (C=O) groups excluding carboxylic acids is 3. The maximum absolute atomic E-state index is 14.0. The quantitative estimate of drug-likeness (QED) is 0.464. The minimum Gasteiger partial charge on any atom is -0.476 e. The lowest BCUT2D eigenvalue weighted by molar-refractivity contribution is 0.0576. The van der Waals surface area contributed by atoms with E-state index in [1.807, 2.05) is 0 Å². The number of carbonyl (C=O) groups is 4. The first-order valence-electron chi connectivity index (χ1n) is 9.54. The topological polar surface area (TPSA) is 171 Å². The monoisotopic (exact) mass is 507 g/mol. The lowest BCUT2D eigenvalue weighted by Gasteiger charge is -2.07. The standard InChI is InChI=1S/C14H11F2N3O3.C7H5FN2O4/c1-22-14(21)12-10(16)11(18-7-19-12)13(20)17-6-8-2-4-9(15)5-3-8;1-14-7(13)5-3(8)4(6(11)12)9-2-10-5/h2-5,7H,6H2,1H3,(H,17,20);2H,1H3,(H,11,12). The number of rotatable bonds is 6. The summed E-state index contributed by atoms with van der Waals surface area (Å²) in [6.07, 6.45) is 1.67. The zero-order chi connectivity index (χ0) is 26.8. The SMILES string of the molecule is COC(=O)c1ncnc(C(=O)NCc2ccc(F)cc2)c1F.COC(=O)c1ncnc(C(=O)O)c1F. The number of ether oxygens (including phenoxy) is 2. The van der Waals surface area contributed by atoms with Gasteiger partial charge in [-0.2, -0.15) is 0 Å². The molecule has 0 unspecified atom stereocenters. The number of nitrogens with one attached hydrogen (secondary N) is 1. The number of benzene rings is 1. The molecule has 0 atom stereocenters. The molecule has 3 rings (SSSR count). The van der Waals surface area contributed by atoms with Gasteiger partial charge in [0.1, 0.15) is 18.5 Å². The fourth-order valence-electron chi connectivity index (χ4n) is 2.39. The second-order valence-corrected chi connectivity index (χ2v) is 6.37. The van der Waals surface area contributed by atoms with E-state index in [4.69, 9.17) is 5.11 Å². The summed E-state index contributed by atoms with van der Waals surface area (Å²) in [5.41, 5.74) is -2.13. The van der Waals surface area contributed by atoms with Crippen LogP contribution in [0.1, 0.15) is 47.5 Å². The first-order chi connectivity index (χ1) is 17.1. The minimum absolute atomic E-state index is 0.0517. The second-order valence-electron chi connectivity index (χ2n) is 6.37. The van der Waals surface area contributed by atoms with E-state index in [2.05, 4.69) is 34.7 Å². The van der Waals surface area contributed by atoms with Crippen molar-refractivity contribution in [2.45, 2.75) is 6.54 Å². The third-order valence-electron chi connectivity index (χ3n) is 4.12. The van der Waals surface area contributed by atoms with E-state index in [0.29, 0.717) is 5.56 Å². The molecular weight excluding hydrogens is 491 g/mol. The van der Waals surface area contributed by atoms with Crippen LogP contribution in [0.15, 0.2) is 36.9 Å². The van der Waals surface area contributed by atoms with E-state index in [1.54, 1.807) is 0 Å². The summed E-state index contributed by atoms with van der Waals surface area (Å²) in [5.74, 6) is -7.32. The van der Waals surface area contributed by atoms with Crippen molar-refractivity contribution in [3.8, 4) is 0 Å². The van der Waals surface area contributed by atoms with E-state index in [0.717, 1.165) is 26.9 Å². The number of carboxylic acids is 1. The average molecular weight is 507 g/mol. The molecule has 0 saturated carbocycles. The van der Waals surface area contributed by atoms with Crippen molar-refractivity contribution in [2.24, 2.45) is 0 Å². The zero-order valence-corrected chi connectivity index (χ0v) is 18.5. The number of nitrogens with zero attached hydrogens (tertiary/aromatic N) is 4. The number of hydrogen-bond acceptors (Lipinski definition) is 10. The van der Waals surface area contributed by atoms with Crippen LogP contribution < -0.4 is 5.32 Å². The highest BCUT2D eigenvalue weighted by atomic mass is 19.1. The van der Waals surface area contributed by atoms with Crippen LogP contribution in [-0.2, 0) is 16.0 Å². The lowest BCUT2D eigenvalue weighted by Crippen LogP contribution is -2.26. The van der Waals surface area contributed by atoms with Crippen molar-refractivity contribution in [3.63, 3.8) is 0 Å². The van der Waals surface area contributed by atoms with Gasteiger partial charge in [-0.05, 0) is 17.7 Å². The molecule has 0 bridgehead atoms. The van der Waals surface area contributed by atoms with Crippen molar-refractivity contribution in [1.82, 2.24) is 25.3 Å². The molecule has 12 nitrogen and oxygen atoms in total. The Morgan fingerprint density at radius 2 is 1.22 bits per heavy atom. The number of aromatic nitrogens is 4. The Morgan fingerprint density at radius 1 is 0.778 bits per heavy atom. The average Bonchev–Trinajstić information content (AvgIpc) is 2.87. The molecule has 0 aliphatic carbocycles. The van der Waals surface area contributed by atoms with Gasteiger partial charge >= 0.3 is 17.9 Å². The summed E-state index contributed by atoms with van der Waals surface area (Å²) in [6.45, 7) is 0.0517. The van der Waals surface area contributed by atoms with Crippen LogP contribution >= 0.6 is 0 Å². The van der Waals surface area contributed by atoms with Crippen LogP contribution in [0, 0.1) is 17.5 Å². The Balaban J connectivity index is 0.000000281. The molecule has 0 aliphatic heterocycles. The summed E-state index contributed by atoms with van der Waals surface area (Å²) >= 11 is 0. The maximum atomic E-state index is 14.0. The van der Waals surface area contributed by atoms with Crippen molar-refractivity contribution >= 4 is 23.8 Å². The van der Waals surface area contributed by atoms with Crippen LogP contribution in [0.25, 0.3) is 0 Å². The molecule has 2 N–H and O–H groups in total. The van der Waals surface area contributed by atoms with Gasteiger partial charge in [0, 0.05) is 6.54 Å². The Hall–Kier alpha value is -4.95. The molecular formula is C21H16F3N5O7. The molecule has 0 spiro atoms. The van der Waals surface area contributed by atoms with Gasteiger partial charge in [-0.1, -0.05) is 12.1 Å². The number of carboxylic acid groups (broad SMARTS) is 1. The first-order valence-corrected chi connectivity index (χ1v) is 9.54. The highest BCUT2D eigenvalue weighted by Crippen LogP contribution is 2.10. The highest BCUT2D eigenvalue weighted by molar-refractivity contribution is 5.95. The van der Waals surface area contributed by atoms with E-state index in [-0.39, 0.29) is 6.54 Å². The Labute approximate surface area is 200 Å². The molecule has 3 aromatic rings. The number of hydrogen-bond donors (Lipinski definition) is 2. The van der Waals surface area contributed by atoms with E-state index in [9.17, 15) is 32.3 Å². The number of methoxy groups -OCH3 is 2. The molecule has 188 valence electrons. The largest absolute Gasteiger partial charge is 0.476 e. The first kappa shape index (κ1) is 27.3. The Bertz CT molecular complexity index is 1290. The summed E-state index contributed by atoms with van der Waals surface area (Å²) in [4.78, 5) is 57.9. The fourth-order valence-corrected chi connectivity index (χ4v) is 2.39. The highest BCUT2D eigenvalue weighted by Gasteiger charge is 2.23. The van der Waals surface area contributed by atoms with Gasteiger partial charge < -0.3 is 19.9 Å². The third-order valence-corrected chi connectivity index (χ3v) is 4.12. The van der Waals surface area contributed by atoms with Gasteiger partial charge in [0.05, 0.1) is 14.2 Å². The van der Waals surface area contributed by atoms with Crippen molar-refractivity contribution in [2.75, 3.05) is 14.2 Å². The molecule has 0 saturated heterocycles. The van der Waals surface area contributed by atoms with Gasteiger partial charge in [0.15, 0.2) is 34.4 Å². The van der Waals surface area contributed by atoms with Gasteiger partial charge in [-0.25, -0.2) is 47.5 Å². The molecule has 2 aromatic heterocycles. The van der Waals surface area contributed by atoms with Gasteiger partial charge in [0.25, 0.3) is 5.91 Å². The Kier molecular flexibility index (Phi) is 9.47. The van der Waals surface area contributed by atoms with Crippen LogP contribution in [0.4, 0.5) is 13.2 Å². The minimum atomic E-state index is -1.57. The van der Waals surface area contributed by atoms with E-state index < -0.39 is 64.0 Å². The third kappa shape index (κ3) is 6.78. The fraction of sp³-hybridized carbons (Fsp3) is 0.143. The van der Waals surface area contributed by atoms with Crippen LogP contribution in [0.2, 0.25) is 0 Å². The number of halogens is 3. The molecule has 1 aromatic carbocycles. The number of esters is 2. The van der Waals surface area contributed by atoms with Crippen molar-refractivity contribution < 1.29 is 46.9 Å². The predicted octanol–water partition coefficient (Wildman–Crippen LogP) is 1.57. The summed E-state index contributed by atoms with van der Waals surface area (Å²) in [7, 11) is 2.10. The van der Waals surface area contributed by atoms with Crippen LogP contribution in [-0.4, -0.2) is 63.1 Å². The molecule has 15 heteroatoms. The molecule has 2 heterocycles. The maximum Gasteiger partial charge on any atom is 0.359 e. The number of amides is 1. The molecule has 36 heavy (non-hydrogen) atoms. The van der Waals surface area contributed by atoms with Crippen molar-refractivity contribution in [1.29, 1.82) is 0 Å².